The molecule has 0 bridgehead atoms. The molecule has 9 heteroatoms. The maximum atomic E-state index is 11.8. The van der Waals surface area contributed by atoms with Crippen molar-refractivity contribution in [2.45, 2.75) is 26.2 Å². The zero-order valence-electron chi connectivity index (χ0n) is 18.0. The van der Waals surface area contributed by atoms with Crippen LogP contribution in [0.15, 0.2) is 53.5 Å². The molecule has 8 nitrogen and oxygen atoms in total. The molecule has 0 spiro atoms. The molecule has 3 rings (SSSR count). The first-order valence-electron chi connectivity index (χ1n) is 10.1. The van der Waals surface area contributed by atoms with Crippen LogP contribution < -0.4 is 21.9 Å². The van der Waals surface area contributed by atoms with Gasteiger partial charge in [0.1, 0.15) is 6.34 Å². The van der Waals surface area contributed by atoms with Gasteiger partial charge in [-0.15, -0.1) is 11.3 Å². The van der Waals surface area contributed by atoms with Crippen molar-refractivity contribution in [3.8, 4) is 0 Å². The number of nitrogens with two attached hydrogens (primary N) is 1. The van der Waals surface area contributed by atoms with Crippen LogP contribution in [0.3, 0.4) is 0 Å². The SMILES string of the molecule is CNC(=O)c1ccc(Cc2sc(NC(C)=O)nc2CCc2ccc(N=CNN)cc2)cc1. The third-order valence-electron chi connectivity index (χ3n) is 4.74. The van der Waals surface area contributed by atoms with Gasteiger partial charge in [-0.05, 0) is 48.2 Å². The minimum Gasteiger partial charge on any atom is -0.355 e. The fraction of sp³-hybridized carbons (Fsp3) is 0.217. The Morgan fingerprint density at radius 3 is 2.38 bits per heavy atom. The summed E-state index contributed by atoms with van der Waals surface area (Å²) in [5.74, 6) is 4.94. The van der Waals surface area contributed by atoms with E-state index >= 15 is 0 Å². The molecule has 1 aromatic heterocycles. The molecule has 32 heavy (non-hydrogen) atoms. The van der Waals surface area contributed by atoms with Crippen LogP contribution in [0.4, 0.5) is 10.8 Å². The monoisotopic (exact) mass is 450 g/mol. The minimum atomic E-state index is -0.144. The number of aryl methyl sites for hydroxylation is 2. The third kappa shape index (κ3) is 6.47. The highest BCUT2D eigenvalue weighted by Crippen LogP contribution is 2.27. The average Bonchev–Trinajstić information content (AvgIpc) is 3.17. The highest BCUT2D eigenvalue weighted by atomic mass is 32.1. The van der Waals surface area contributed by atoms with E-state index in [0.29, 0.717) is 17.1 Å². The Morgan fingerprint density at radius 1 is 1.06 bits per heavy atom. The highest BCUT2D eigenvalue weighted by molar-refractivity contribution is 7.15. The fourth-order valence-corrected chi connectivity index (χ4v) is 4.24. The van der Waals surface area contributed by atoms with E-state index < -0.39 is 0 Å². The standard InChI is InChI=1S/C23H26N6O2S/c1-15(30)28-23-29-20(12-7-16-5-10-19(11-6-16)26-14-27-24)21(32-23)13-17-3-8-18(9-4-17)22(31)25-2/h3-6,8-11,14H,7,12-13,24H2,1-2H3,(H,25,31)(H,26,27)(H,28,29,30). The molecule has 0 aliphatic rings. The second-order valence-corrected chi connectivity index (χ2v) is 8.20. The molecule has 0 aliphatic heterocycles. The number of carbonyl (C=O) groups is 2. The lowest BCUT2D eigenvalue weighted by atomic mass is 10.0. The van der Waals surface area contributed by atoms with Crippen molar-refractivity contribution in [2.75, 3.05) is 12.4 Å². The summed E-state index contributed by atoms with van der Waals surface area (Å²) in [5.41, 5.74) is 7.02. The van der Waals surface area contributed by atoms with E-state index in [0.717, 1.165) is 34.7 Å². The first kappa shape index (κ1) is 23.1. The summed E-state index contributed by atoms with van der Waals surface area (Å²) in [7, 11) is 1.61. The number of thiazole rings is 1. The number of aromatic nitrogens is 1. The number of amides is 2. The van der Waals surface area contributed by atoms with Gasteiger partial charge in [0.05, 0.1) is 11.4 Å². The summed E-state index contributed by atoms with van der Waals surface area (Å²) in [6.07, 6.45) is 3.67. The van der Waals surface area contributed by atoms with Gasteiger partial charge in [0.25, 0.3) is 5.91 Å². The predicted molar refractivity (Wildman–Crippen MR) is 128 cm³/mol. The summed E-state index contributed by atoms with van der Waals surface area (Å²) in [5, 5.41) is 6.02. The van der Waals surface area contributed by atoms with Crippen LogP contribution in [-0.4, -0.2) is 30.2 Å². The van der Waals surface area contributed by atoms with Gasteiger partial charge in [0.2, 0.25) is 5.91 Å². The smallest absolute Gasteiger partial charge is 0.251 e. The van der Waals surface area contributed by atoms with E-state index in [1.807, 2.05) is 48.5 Å². The van der Waals surface area contributed by atoms with Gasteiger partial charge in [-0.25, -0.2) is 15.8 Å². The molecular weight excluding hydrogens is 424 g/mol. The van der Waals surface area contributed by atoms with Crippen molar-refractivity contribution >= 4 is 40.3 Å². The quantitative estimate of drug-likeness (QED) is 0.173. The van der Waals surface area contributed by atoms with Gasteiger partial charge in [0.15, 0.2) is 5.13 Å². The van der Waals surface area contributed by atoms with Gasteiger partial charge in [-0.2, -0.15) is 0 Å². The van der Waals surface area contributed by atoms with E-state index in [2.05, 4.69) is 26.0 Å². The Balaban J connectivity index is 1.74. The number of rotatable bonds is 9. The Hall–Kier alpha value is -3.56. The van der Waals surface area contributed by atoms with Crippen LogP contribution in [0.5, 0.6) is 0 Å². The number of hydrogen-bond donors (Lipinski definition) is 4. The third-order valence-corrected chi connectivity index (χ3v) is 5.76. The van der Waals surface area contributed by atoms with E-state index in [1.165, 1.54) is 30.2 Å². The molecule has 0 saturated heterocycles. The van der Waals surface area contributed by atoms with Crippen molar-refractivity contribution < 1.29 is 9.59 Å². The van der Waals surface area contributed by atoms with Gasteiger partial charge >= 0.3 is 0 Å². The summed E-state index contributed by atoms with van der Waals surface area (Å²) in [6, 6.07) is 15.4. The zero-order chi connectivity index (χ0) is 22.9. The van der Waals surface area contributed by atoms with Crippen LogP contribution in [0, 0.1) is 0 Å². The number of nitrogens with zero attached hydrogens (tertiary/aromatic N) is 2. The lowest BCUT2D eigenvalue weighted by Crippen LogP contribution is -2.18. The highest BCUT2D eigenvalue weighted by Gasteiger charge is 2.14. The first-order valence-corrected chi connectivity index (χ1v) is 10.9. The van der Waals surface area contributed by atoms with Crippen molar-refractivity contribution in [1.29, 1.82) is 0 Å². The van der Waals surface area contributed by atoms with Crippen molar-refractivity contribution in [1.82, 2.24) is 15.7 Å². The molecule has 1 heterocycles. The predicted octanol–water partition coefficient (Wildman–Crippen LogP) is 2.96. The summed E-state index contributed by atoms with van der Waals surface area (Å²) < 4.78 is 0. The number of carbonyl (C=O) groups excluding carboxylic acids is 2. The molecule has 166 valence electrons. The topological polar surface area (TPSA) is 122 Å². The van der Waals surface area contributed by atoms with E-state index in [9.17, 15) is 9.59 Å². The average molecular weight is 451 g/mol. The van der Waals surface area contributed by atoms with Gasteiger partial charge in [-0.1, -0.05) is 24.3 Å². The van der Waals surface area contributed by atoms with Crippen molar-refractivity contribution in [2.24, 2.45) is 10.8 Å². The zero-order valence-corrected chi connectivity index (χ0v) is 18.8. The maximum absolute atomic E-state index is 11.8. The molecule has 2 aromatic carbocycles. The summed E-state index contributed by atoms with van der Waals surface area (Å²) in [6.45, 7) is 1.47. The Bertz CT molecular complexity index is 1090. The lowest BCUT2D eigenvalue weighted by molar-refractivity contribution is -0.114. The lowest BCUT2D eigenvalue weighted by Gasteiger charge is -2.05. The van der Waals surface area contributed by atoms with Gasteiger partial charge in [0, 0.05) is 30.8 Å². The van der Waals surface area contributed by atoms with Crippen LogP contribution in [0.25, 0.3) is 0 Å². The molecule has 0 atom stereocenters. The second-order valence-electron chi connectivity index (χ2n) is 7.11. The number of nitrogens with one attached hydrogen (secondary N) is 3. The number of hydrazine groups is 1. The molecule has 0 radical (unpaired) electrons. The normalized spacial score (nSPS) is 10.8. The molecule has 0 aliphatic carbocycles. The largest absolute Gasteiger partial charge is 0.355 e. The summed E-state index contributed by atoms with van der Waals surface area (Å²) in [4.78, 5) is 33.2. The van der Waals surface area contributed by atoms with Crippen LogP contribution in [0.2, 0.25) is 0 Å². The summed E-state index contributed by atoms with van der Waals surface area (Å²) >= 11 is 1.48. The molecule has 0 fully saturated rings. The molecule has 5 N–H and O–H groups in total. The number of aliphatic imine (C=N–C) groups is 1. The first-order chi connectivity index (χ1) is 15.5. The molecule has 3 aromatic rings. The number of anilines is 1. The molecule has 2 amide bonds. The fourth-order valence-electron chi connectivity index (χ4n) is 3.15. The molecule has 0 saturated carbocycles. The minimum absolute atomic E-state index is 0.112. The van der Waals surface area contributed by atoms with E-state index in [4.69, 9.17) is 5.84 Å². The van der Waals surface area contributed by atoms with Crippen LogP contribution in [-0.2, 0) is 24.1 Å². The Labute approximate surface area is 191 Å². The maximum Gasteiger partial charge on any atom is 0.251 e. The molecule has 0 unspecified atom stereocenters. The number of hydrogen-bond acceptors (Lipinski definition) is 6. The van der Waals surface area contributed by atoms with Gasteiger partial charge < -0.3 is 16.1 Å². The molecular formula is C23H26N6O2S. The van der Waals surface area contributed by atoms with Crippen LogP contribution in [0.1, 0.15) is 39.0 Å². The van der Waals surface area contributed by atoms with E-state index in [-0.39, 0.29) is 11.8 Å². The van der Waals surface area contributed by atoms with Gasteiger partial charge in [-0.3, -0.25) is 9.59 Å². The van der Waals surface area contributed by atoms with E-state index in [1.54, 1.807) is 7.05 Å². The second kappa shape index (κ2) is 11.2. The van der Waals surface area contributed by atoms with Crippen molar-refractivity contribution in [3.05, 3.63) is 75.8 Å². The number of benzene rings is 2. The Morgan fingerprint density at radius 2 is 1.75 bits per heavy atom. The van der Waals surface area contributed by atoms with Crippen LogP contribution >= 0.6 is 11.3 Å². The Kier molecular flexibility index (Phi) is 8.07. The van der Waals surface area contributed by atoms with Crippen molar-refractivity contribution in [3.63, 3.8) is 0 Å².